The molecule has 98 valence electrons. The van der Waals surface area contributed by atoms with Crippen molar-refractivity contribution in [2.24, 2.45) is 5.92 Å². The van der Waals surface area contributed by atoms with Gasteiger partial charge in [0, 0.05) is 25.9 Å². The summed E-state index contributed by atoms with van der Waals surface area (Å²) >= 11 is 0. The fourth-order valence-electron chi connectivity index (χ4n) is 2.33. The second kappa shape index (κ2) is 7.30. The van der Waals surface area contributed by atoms with Gasteiger partial charge in [0.15, 0.2) is 0 Å². The van der Waals surface area contributed by atoms with Gasteiger partial charge in [-0.2, -0.15) is 0 Å². The summed E-state index contributed by atoms with van der Waals surface area (Å²) in [6.07, 6.45) is 6.11. The molecule has 0 aliphatic carbocycles. The summed E-state index contributed by atoms with van der Waals surface area (Å²) < 4.78 is 0. The number of carboxylic acids is 1. The molecule has 1 unspecified atom stereocenters. The molecular formula is C13H23NO3. The largest absolute Gasteiger partial charge is 0.481 e. The molecule has 0 aromatic rings. The average molecular weight is 241 g/mol. The smallest absolute Gasteiger partial charge is 0.303 e. The Morgan fingerprint density at radius 3 is 2.71 bits per heavy atom. The summed E-state index contributed by atoms with van der Waals surface area (Å²) in [5, 5.41) is 8.70. The average Bonchev–Trinajstić information content (AvgIpc) is 2.71. The standard InChI is InChI=1S/C13H23NO3/c1-2-3-4-5-6-12(15)14-8-7-11(10-14)9-13(16)17/h11H,2-10H2,1H3,(H,16,17). The quantitative estimate of drug-likeness (QED) is 0.696. The van der Waals surface area contributed by atoms with E-state index in [2.05, 4.69) is 6.92 Å². The van der Waals surface area contributed by atoms with E-state index in [4.69, 9.17) is 5.11 Å². The van der Waals surface area contributed by atoms with E-state index in [9.17, 15) is 9.59 Å². The van der Waals surface area contributed by atoms with Crippen molar-refractivity contribution in [1.29, 1.82) is 0 Å². The summed E-state index contributed by atoms with van der Waals surface area (Å²) in [4.78, 5) is 24.2. The van der Waals surface area contributed by atoms with Crippen LogP contribution < -0.4 is 0 Å². The maximum Gasteiger partial charge on any atom is 0.303 e. The van der Waals surface area contributed by atoms with E-state index in [-0.39, 0.29) is 18.2 Å². The van der Waals surface area contributed by atoms with Crippen molar-refractivity contribution in [2.45, 2.75) is 51.9 Å². The van der Waals surface area contributed by atoms with Crippen LogP contribution in [-0.2, 0) is 9.59 Å². The highest BCUT2D eigenvalue weighted by atomic mass is 16.4. The molecule has 1 saturated heterocycles. The van der Waals surface area contributed by atoms with Crippen LogP contribution in [0.15, 0.2) is 0 Å². The van der Waals surface area contributed by atoms with Crippen LogP contribution in [0, 0.1) is 5.92 Å². The van der Waals surface area contributed by atoms with Crippen molar-refractivity contribution in [1.82, 2.24) is 4.90 Å². The predicted octanol–water partition coefficient (Wildman–Crippen LogP) is 2.28. The summed E-state index contributed by atoms with van der Waals surface area (Å²) in [5.41, 5.74) is 0. The van der Waals surface area contributed by atoms with E-state index < -0.39 is 5.97 Å². The number of nitrogens with zero attached hydrogens (tertiary/aromatic N) is 1. The highest BCUT2D eigenvalue weighted by molar-refractivity contribution is 5.76. The van der Waals surface area contributed by atoms with Gasteiger partial charge in [-0.1, -0.05) is 26.2 Å². The number of unbranched alkanes of at least 4 members (excludes halogenated alkanes) is 3. The first-order chi connectivity index (χ1) is 8.13. The molecule has 1 heterocycles. The molecule has 0 aromatic carbocycles. The summed E-state index contributed by atoms with van der Waals surface area (Å²) in [5.74, 6) is -0.395. The number of hydrogen-bond donors (Lipinski definition) is 1. The Balaban J connectivity index is 2.18. The zero-order chi connectivity index (χ0) is 12.7. The second-order valence-corrected chi connectivity index (χ2v) is 4.90. The van der Waals surface area contributed by atoms with E-state index in [1.54, 1.807) is 0 Å². The molecule has 4 heteroatoms. The van der Waals surface area contributed by atoms with Crippen molar-refractivity contribution in [3.05, 3.63) is 0 Å². The first kappa shape index (κ1) is 14.0. The molecule has 17 heavy (non-hydrogen) atoms. The normalized spacial score (nSPS) is 19.6. The van der Waals surface area contributed by atoms with Crippen LogP contribution in [0.3, 0.4) is 0 Å². The molecule has 1 N–H and O–H groups in total. The molecule has 0 aromatic heterocycles. The fraction of sp³-hybridized carbons (Fsp3) is 0.846. The van der Waals surface area contributed by atoms with E-state index in [1.807, 2.05) is 4.90 Å². The molecule has 1 fully saturated rings. The lowest BCUT2D eigenvalue weighted by atomic mass is 10.1. The summed E-state index contributed by atoms with van der Waals surface area (Å²) in [7, 11) is 0. The van der Waals surface area contributed by atoms with Gasteiger partial charge in [0.2, 0.25) is 5.91 Å². The first-order valence-corrected chi connectivity index (χ1v) is 6.63. The molecule has 0 spiro atoms. The number of carboxylic acid groups (broad SMARTS) is 1. The Labute approximate surface area is 103 Å². The van der Waals surface area contributed by atoms with Crippen LogP contribution in [-0.4, -0.2) is 35.0 Å². The molecule has 1 atom stereocenters. The van der Waals surface area contributed by atoms with Gasteiger partial charge >= 0.3 is 5.97 Å². The monoisotopic (exact) mass is 241 g/mol. The molecule has 0 bridgehead atoms. The van der Waals surface area contributed by atoms with Crippen LogP contribution in [0.4, 0.5) is 0 Å². The van der Waals surface area contributed by atoms with Crippen LogP contribution >= 0.6 is 0 Å². The molecule has 1 aliphatic rings. The molecule has 1 rings (SSSR count). The number of amides is 1. The minimum atomic E-state index is -0.757. The number of rotatable bonds is 7. The maximum atomic E-state index is 11.8. The maximum absolute atomic E-state index is 11.8. The van der Waals surface area contributed by atoms with Gasteiger partial charge in [0.25, 0.3) is 0 Å². The number of likely N-dealkylation sites (tertiary alicyclic amines) is 1. The van der Waals surface area contributed by atoms with E-state index >= 15 is 0 Å². The Morgan fingerprint density at radius 2 is 2.06 bits per heavy atom. The number of carbonyl (C=O) groups excluding carboxylic acids is 1. The van der Waals surface area contributed by atoms with Gasteiger partial charge in [0.05, 0.1) is 0 Å². The van der Waals surface area contributed by atoms with Crippen LogP contribution in [0.1, 0.15) is 51.9 Å². The molecule has 4 nitrogen and oxygen atoms in total. The number of aliphatic carboxylic acids is 1. The van der Waals surface area contributed by atoms with Crippen molar-refractivity contribution in [3.8, 4) is 0 Å². The minimum Gasteiger partial charge on any atom is -0.481 e. The van der Waals surface area contributed by atoms with Gasteiger partial charge < -0.3 is 10.0 Å². The van der Waals surface area contributed by atoms with Gasteiger partial charge in [-0.05, 0) is 18.8 Å². The lowest BCUT2D eigenvalue weighted by molar-refractivity contribution is -0.138. The molecular weight excluding hydrogens is 218 g/mol. The predicted molar refractivity (Wildman–Crippen MR) is 65.7 cm³/mol. The lowest BCUT2D eigenvalue weighted by Gasteiger charge is -2.16. The van der Waals surface area contributed by atoms with Gasteiger partial charge in [0.1, 0.15) is 0 Å². The topological polar surface area (TPSA) is 57.6 Å². The summed E-state index contributed by atoms with van der Waals surface area (Å²) in [6, 6.07) is 0. The lowest BCUT2D eigenvalue weighted by Crippen LogP contribution is -2.28. The molecule has 1 amide bonds. The van der Waals surface area contributed by atoms with Crippen molar-refractivity contribution in [2.75, 3.05) is 13.1 Å². The third-order valence-electron chi connectivity index (χ3n) is 3.35. The zero-order valence-electron chi connectivity index (χ0n) is 10.7. The number of carbonyl (C=O) groups is 2. The van der Waals surface area contributed by atoms with Gasteiger partial charge in [-0.15, -0.1) is 0 Å². The minimum absolute atomic E-state index is 0.159. The Hall–Kier alpha value is -1.06. The molecule has 0 saturated carbocycles. The van der Waals surface area contributed by atoms with Crippen LogP contribution in [0.5, 0.6) is 0 Å². The van der Waals surface area contributed by atoms with Gasteiger partial charge in [-0.3, -0.25) is 9.59 Å². The van der Waals surface area contributed by atoms with Crippen LogP contribution in [0.25, 0.3) is 0 Å². The third kappa shape index (κ3) is 5.20. The van der Waals surface area contributed by atoms with E-state index in [0.717, 1.165) is 25.8 Å². The SMILES string of the molecule is CCCCCCC(=O)N1CCC(CC(=O)O)C1. The summed E-state index contributed by atoms with van der Waals surface area (Å²) in [6.45, 7) is 3.53. The Morgan fingerprint density at radius 1 is 1.29 bits per heavy atom. The molecule has 0 radical (unpaired) electrons. The van der Waals surface area contributed by atoms with Crippen molar-refractivity contribution < 1.29 is 14.7 Å². The highest BCUT2D eigenvalue weighted by Crippen LogP contribution is 2.20. The first-order valence-electron chi connectivity index (χ1n) is 6.63. The zero-order valence-corrected chi connectivity index (χ0v) is 10.7. The Kier molecular flexibility index (Phi) is 6.01. The van der Waals surface area contributed by atoms with Gasteiger partial charge in [-0.25, -0.2) is 0 Å². The fourth-order valence-corrected chi connectivity index (χ4v) is 2.33. The van der Waals surface area contributed by atoms with Crippen LogP contribution in [0.2, 0.25) is 0 Å². The van der Waals surface area contributed by atoms with E-state index in [0.29, 0.717) is 13.0 Å². The van der Waals surface area contributed by atoms with Crippen molar-refractivity contribution in [3.63, 3.8) is 0 Å². The molecule has 1 aliphatic heterocycles. The second-order valence-electron chi connectivity index (χ2n) is 4.90. The van der Waals surface area contributed by atoms with E-state index in [1.165, 1.54) is 12.8 Å². The number of hydrogen-bond acceptors (Lipinski definition) is 2. The van der Waals surface area contributed by atoms with Crippen molar-refractivity contribution >= 4 is 11.9 Å². The highest BCUT2D eigenvalue weighted by Gasteiger charge is 2.27. The third-order valence-corrected chi connectivity index (χ3v) is 3.35. The Bertz CT molecular complexity index is 265.